The van der Waals surface area contributed by atoms with Gasteiger partial charge in [0.05, 0.1) is 11.5 Å². The second kappa shape index (κ2) is 9.67. The number of ether oxygens (including phenoxy) is 1. The largest absolute Gasteiger partial charge is 0.491 e. The molecule has 29 heavy (non-hydrogen) atoms. The molecule has 1 heterocycles. The normalized spacial score (nSPS) is 19.4. The number of aliphatic hydroxyl groups is 1. The Bertz CT molecular complexity index is 934. The average molecular weight is 458 g/mol. The minimum Gasteiger partial charge on any atom is -0.491 e. The van der Waals surface area contributed by atoms with Crippen molar-refractivity contribution in [3.63, 3.8) is 0 Å². The Labute approximate surface area is 182 Å². The van der Waals surface area contributed by atoms with E-state index < -0.39 is 15.9 Å². The maximum atomic E-state index is 12.0. The zero-order valence-corrected chi connectivity index (χ0v) is 18.6. The van der Waals surface area contributed by atoms with Gasteiger partial charge in [0, 0.05) is 29.2 Å². The molecule has 2 unspecified atom stereocenters. The van der Waals surface area contributed by atoms with E-state index in [9.17, 15) is 13.5 Å². The second-order valence-corrected chi connectivity index (χ2v) is 10.6. The topological polar surface area (TPSA) is 66.8 Å². The molecule has 0 aromatic heterocycles. The highest BCUT2D eigenvalue weighted by atomic mass is 35.5. The third kappa shape index (κ3) is 6.59. The fraction of sp³-hybridized carbons (Fsp3) is 0.429. The van der Waals surface area contributed by atoms with Gasteiger partial charge in [-0.3, -0.25) is 4.90 Å². The lowest BCUT2D eigenvalue weighted by Crippen LogP contribution is -2.42. The second-order valence-electron chi connectivity index (χ2n) is 7.49. The van der Waals surface area contributed by atoms with Crippen LogP contribution >= 0.6 is 23.2 Å². The molecule has 0 aliphatic carbocycles. The van der Waals surface area contributed by atoms with Gasteiger partial charge in [-0.15, -0.1) is 0 Å². The molecule has 1 N–H and O–H groups in total. The molecule has 0 amide bonds. The van der Waals surface area contributed by atoms with Crippen molar-refractivity contribution in [2.75, 3.05) is 24.7 Å². The van der Waals surface area contributed by atoms with Gasteiger partial charge < -0.3 is 9.84 Å². The van der Waals surface area contributed by atoms with Gasteiger partial charge in [-0.25, -0.2) is 8.42 Å². The molecular weight excluding hydrogens is 433 g/mol. The first kappa shape index (κ1) is 22.4. The van der Waals surface area contributed by atoms with Crippen molar-refractivity contribution >= 4 is 33.0 Å². The van der Waals surface area contributed by atoms with Gasteiger partial charge in [-0.05, 0) is 54.8 Å². The number of nitrogens with zero attached hydrogens (tertiary/aromatic N) is 1. The molecular formula is C21H25Cl2NO4S. The van der Waals surface area contributed by atoms with Crippen molar-refractivity contribution < 1.29 is 18.3 Å². The van der Waals surface area contributed by atoms with Crippen molar-refractivity contribution in [3.05, 3.63) is 63.6 Å². The fourth-order valence-electron chi connectivity index (χ4n) is 3.45. The average Bonchev–Trinajstić information content (AvgIpc) is 3.04. The molecule has 5 nitrogen and oxygen atoms in total. The van der Waals surface area contributed by atoms with Crippen LogP contribution in [0.5, 0.6) is 5.75 Å². The standard InChI is InChI=1S/C21H25Cl2NO4S/c1-15-10-20(6-7-21(15)23)28-13-19(25)12-24(18-8-9-29(26,27)14-18)11-16-2-4-17(22)5-3-16/h2-7,10,18-19,25H,8-9,11-14H2,1H3. The van der Waals surface area contributed by atoms with Crippen molar-refractivity contribution in [1.82, 2.24) is 4.90 Å². The number of benzene rings is 2. The van der Waals surface area contributed by atoms with E-state index in [0.717, 1.165) is 11.1 Å². The summed E-state index contributed by atoms with van der Waals surface area (Å²) in [5.74, 6) is 0.939. The number of sulfone groups is 1. The smallest absolute Gasteiger partial charge is 0.151 e. The van der Waals surface area contributed by atoms with Gasteiger partial charge in [0.2, 0.25) is 0 Å². The first-order chi connectivity index (χ1) is 13.7. The quantitative estimate of drug-likeness (QED) is 0.653. The summed E-state index contributed by atoms with van der Waals surface area (Å²) >= 11 is 12.0. The summed E-state index contributed by atoms with van der Waals surface area (Å²) < 4.78 is 29.6. The van der Waals surface area contributed by atoms with Crippen LogP contribution in [0, 0.1) is 6.92 Å². The molecule has 0 spiro atoms. The Morgan fingerprint density at radius 1 is 1.21 bits per heavy atom. The van der Waals surface area contributed by atoms with E-state index >= 15 is 0 Å². The lowest BCUT2D eigenvalue weighted by atomic mass is 10.1. The predicted molar refractivity (Wildman–Crippen MR) is 117 cm³/mol. The molecule has 1 aliphatic rings. The first-order valence-electron chi connectivity index (χ1n) is 9.48. The molecule has 3 rings (SSSR count). The van der Waals surface area contributed by atoms with Gasteiger partial charge in [0.1, 0.15) is 18.5 Å². The van der Waals surface area contributed by atoms with Gasteiger partial charge in [-0.1, -0.05) is 35.3 Å². The van der Waals surface area contributed by atoms with Crippen LogP contribution in [0.3, 0.4) is 0 Å². The zero-order chi connectivity index (χ0) is 21.0. The van der Waals surface area contributed by atoms with Crippen LogP contribution in [0.25, 0.3) is 0 Å². The Morgan fingerprint density at radius 2 is 1.93 bits per heavy atom. The molecule has 8 heteroatoms. The summed E-state index contributed by atoms with van der Waals surface area (Å²) in [6.07, 6.45) is -0.193. The van der Waals surface area contributed by atoms with Gasteiger partial charge >= 0.3 is 0 Å². The number of hydrogen-bond acceptors (Lipinski definition) is 5. The number of aryl methyl sites for hydroxylation is 1. The Hall–Kier alpha value is -1.31. The van der Waals surface area contributed by atoms with Crippen LogP contribution in [0.4, 0.5) is 0 Å². The van der Waals surface area contributed by atoms with Crippen LogP contribution in [0.1, 0.15) is 17.5 Å². The molecule has 2 atom stereocenters. The van der Waals surface area contributed by atoms with Gasteiger partial charge in [0.25, 0.3) is 0 Å². The van der Waals surface area contributed by atoms with E-state index in [1.165, 1.54) is 0 Å². The molecule has 0 bridgehead atoms. The molecule has 2 aromatic rings. The summed E-state index contributed by atoms with van der Waals surface area (Å²) in [4.78, 5) is 2.02. The van der Waals surface area contributed by atoms with E-state index in [1.54, 1.807) is 12.1 Å². The van der Waals surface area contributed by atoms with Crippen molar-refractivity contribution in [2.24, 2.45) is 0 Å². The molecule has 1 saturated heterocycles. The summed E-state index contributed by atoms with van der Waals surface area (Å²) in [7, 11) is -3.03. The minimum absolute atomic E-state index is 0.109. The lowest BCUT2D eigenvalue weighted by Gasteiger charge is -2.30. The number of aliphatic hydroxyl groups excluding tert-OH is 1. The lowest BCUT2D eigenvalue weighted by molar-refractivity contribution is 0.0524. The zero-order valence-electron chi connectivity index (χ0n) is 16.2. The summed E-state index contributed by atoms with van der Waals surface area (Å²) in [6, 6.07) is 12.7. The SMILES string of the molecule is Cc1cc(OCC(O)CN(Cc2ccc(Cl)cc2)C2CCS(=O)(=O)C2)ccc1Cl. The van der Waals surface area contributed by atoms with Crippen LogP contribution in [-0.2, 0) is 16.4 Å². The fourth-order valence-corrected chi connectivity index (χ4v) is 5.46. The number of rotatable bonds is 8. The van der Waals surface area contributed by atoms with Crippen molar-refractivity contribution in [3.8, 4) is 5.75 Å². The maximum Gasteiger partial charge on any atom is 0.151 e. The van der Waals surface area contributed by atoms with Gasteiger partial charge in [-0.2, -0.15) is 0 Å². The molecule has 1 fully saturated rings. The third-order valence-electron chi connectivity index (χ3n) is 5.04. The monoisotopic (exact) mass is 457 g/mol. The van der Waals surface area contributed by atoms with Crippen LogP contribution in [0.2, 0.25) is 10.0 Å². The van der Waals surface area contributed by atoms with Crippen molar-refractivity contribution in [2.45, 2.75) is 32.0 Å². The minimum atomic E-state index is -3.03. The van der Waals surface area contributed by atoms with E-state index in [2.05, 4.69) is 0 Å². The first-order valence-corrected chi connectivity index (χ1v) is 12.1. The van der Waals surface area contributed by atoms with Crippen LogP contribution in [0.15, 0.2) is 42.5 Å². The molecule has 0 saturated carbocycles. The molecule has 0 radical (unpaired) electrons. The summed E-state index contributed by atoms with van der Waals surface area (Å²) in [6.45, 7) is 2.85. The van der Waals surface area contributed by atoms with E-state index in [-0.39, 0.29) is 24.2 Å². The van der Waals surface area contributed by atoms with Crippen LogP contribution in [-0.4, -0.2) is 55.2 Å². The Morgan fingerprint density at radius 3 is 2.55 bits per heavy atom. The number of halogens is 2. The van der Waals surface area contributed by atoms with Crippen molar-refractivity contribution in [1.29, 1.82) is 0 Å². The number of hydrogen-bond donors (Lipinski definition) is 1. The predicted octanol–water partition coefficient (Wildman–Crippen LogP) is 3.73. The highest BCUT2D eigenvalue weighted by Gasteiger charge is 2.33. The molecule has 1 aliphatic heterocycles. The van der Waals surface area contributed by atoms with E-state index in [4.69, 9.17) is 27.9 Å². The highest BCUT2D eigenvalue weighted by Crippen LogP contribution is 2.23. The highest BCUT2D eigenvalue weighted by molar-refractivity contribution is 7.91. The molecule has 2 aromatic carbocycles. The Balaban J connectivity index is 1.64. The molecule has 158 valence electrons. The van der Waals surface area contributed by atoms with Crippen LogP contribution < -0.4 is 4.74 Å². The van der Waals surface area contributed by atoms with Gasteiger partial charge in [0.15, 0.2) is 9.84 Å². The van der Waals surface area contributed by atoms with E-state index in [1.807, 2.05) is 42.2 Å². The summed E-state index contributed by atoms with van der Waals surface area (Å²) in [5, 5.41) is 11.9. The maximum absolute atomic E-state index is 12.0. The third-order valence-corrected chi connectivity index (χ3v) is 7.47. The summed E-state index contributed by atoms with van der Waals surface area (Å²) in [5.41, 5.74) is 1.92. The Kier molecular flexibility index (Phi) is 7.46. The van der Waals surface area contributed by atoms with E-state index in [0.29, 0.717) is 35.3 Å².